The molecule has 0 unspecified atom stereocenters. The molecule has 0 aromatic rings. The number of aliphatic carboxylic acids is 3. The summed E-state index contributed by atoms with van der Waals surface area (Å²) in [6, 6.07) is 0. The van der Waals surface area contributed by atoms with Crippen molar-refractivity contribution < 1.29 is 46.8 Å². The minimum absolute atomic E-state index is 0. The summed E-state index contributed by atoms with van der Waals surface area (Å²) in [4.78, 5) is 28.8. The summed E-state index contributed by atoms with van der Waals surface area (Å²) >= 11 is 0. The van der Waals surface area contributed by atoms with Gasteiger partial charge < -0.3 is 15.3 Å². The van der Waals surface area contributed by atoms with Crippen molar-refractivity contribution in [3.8, 4) is 0 Å². The quantitative estimate of drug-likeness (QED) is 0.649. The minimum Gasteiger partial charge on any atom is -0.481 e. The van der Waals surface area contributed by atoms with Gasteiger partial charge in [-0.15, -0.1) is 0 Å². The number of carbonyl (C=O) groups is 3. The Morgan fingerprint density at radius 3 is 0.789 bits per heavy atom. The molecule has 0 rings (SSSR count). The summed E-state index contributed by atoms with van der Waals surface area (Å²) in [6.45, 7) is 5.52. The van der Waals surface area contributed by atoms with E-state index in [2.05, 4.69) is 0 Å². The Hall–Kier alpha value is -1.07. The molecule has 0 saturated carbocycles. The number of hydrogen-bond donors (Lipinski definition) is 3. The molecular weight excluding hydrogens is 295 g/mol. The number of carboxylic acids is 3. The van der Waals surface area contributed by atoms with Crippen LogP contribution in [0.2, 0.25) is 0 Å². The van der Waals surface area contributed by atoms with Gasteiger partial charge in [0, 0.05) is 36.3 Å². The Morgan fingerprint density at radius 1 is 0.632 bits per heavy atom. The predicted molar refractivity (Wildman–Crippen MR) is 67.6 cm³/mol. The van der Waals surface area contributed by atoms with Crippen molar-refractivity contribution in [2.75, 3.05) is 0 Å². The topological polar surface area (TPSA) is 112 Å². The summed E-state index contributed by atoms with van der Waals surface area (Å²) < 4.78 is 0. The summed E-state index contributed by atoms with van der Waals surface area (Å²) in [5.74, 6) is -2.13. The van der Waals surface area contributed by atoms with Gasteiger partial charge in [0.1, 0.15) is 0 Å². The van der Waals surface area contributed by atoms with Crippen LogP contribution in [0.4, 0.5) is 0 Å². The first-order chi connectivity index (χ1) is 8.31. The van der Waals surface area contributed by atoms with Gasteiger partial charge in [-0.2, -0.15) is 0 Å². The molecule has 6 nitrogen and oxygen atoms in total. The Bertz CT molecular complexity index is 192. The summed E-state index contributed by atoms with van der Waals surface area (Å²) in [6.07, 6.45) is 3.07. The number of carboxylic acid groups (broad SMARTS) is 3. The first-order valence-corrected chi connectivity index (χ1v) is 5.97. The van der Waals surface area contributed by atoms with Crippen LogP contribution in [0.5, 0.6) is 0 Å². The fourth-order valence-electron chi connectivity index (χ4n) is 0.642. The van der Waals surface area contributed by atoms with E-state index in [4.69, 9.17) is 15.3 Å². The molecule has 3 N–H and O–H groups in total. The molecular formula is C12H24MnO6. The van der Waals surface area contributed by atoms with Crippen LogP contribution in [0.1, 0.15) is 59.3 Å². The van der Waals surface area contributed by atoms with Crippen LogP contribution >= 0.6 is 0 Å². The van der Waals surface area contributed by atoms with E-state index < -0.39 is 17.9 Å². The van der Waals surface area contributed by atoms with Crippen molar-refractivity contribution in [2.24, 2.45) is 0 Å². The maximum absolute atomic E-state index is 9.60. The zero-order chi connectivity index (χ0) is 15.0. The van der Waals surface area contributed by atoms with E-state index >= 15 is 0 Å². The molecule has 0 aliphatic carbocycles. The first kappa shape index (κ1) is 26.5. The van der Waals surface area contributed by atoms with E-state index in [9.17, 15) is 14.4 Å². The third kappa shape index (κ3) is 60.0. The van der Waals surface area contributed by atoms with Gasteiger partial charge in [0.2, 0.25) is 0 Å². The molecule has 0 saturated heterocycles. The maximum atomic E-state index is 9.60. The van der Waals surface area contributed by atoms with Crippen LogP contribution in [0.3, 0.4) is 0 Å². The average Bonchev–Trinajstić information content (AvgIpc) is 2.18. The molecule has 0 heterocycles. The Morgan fingerprint density at radius 2 is 0.789 bits per heavy atom. The normalized spacial score (nSPS) is 7.74. The molecule has 0 bridgehead atoms. The molecule has 7 heteroatoms. The molecule has 0 aromatic carbocycles. The molecule has 0 atom stereocenters. The van der Waals surface area contributed by atoms with E-state index in [0.29, 0.717) is 19.3 Å². The van der Waals surface area contributed by atoms with Gasteiger partial charge in [-0.1, -0.05) is 20.8 Å². The molecule has 115 valence electrons. The first-order valence-electron chi connectivity index (χ1n) is 5.97. The zero-order valence-electron chi connectivity index (χ0n) is 11.7. The average molecular weight is 319 g/mol. The van der Waals surface area contributed by atoms with Crippen LogP contribution in [0.25, 0.3) is 0 Å². The van der Waals surface area contributed by atoms with Crippen LogP contribution in [0, 0.1) is 0 Å². The van der Waals surface area contributed by atoms with Gasteiger partial charge in [0.25, 0.3) is 0 Å². The van der Waals surface area contributed by atoms with E-state index in [1.807, 2.05) is 20.8 Å². The van der Waals surface area contributed by atoms with E-state index in [1.165, 1.54) is 0 Å². The van der Waals surface area contributed by atoms with Crippen LogP contribution in [-0.2, 0) is 31.5 Å². The van der Waals surface area contributed by atoms with E-state index in [1.54, 1.807) is 0 Å². The third-order valence-corrected chi connectivity index (χ3v) is 1.39. The zero-order valence-corrected chi connectivity index (χ0v) is 12.9. The molecule has 19 heavy (non-hydrogen) atoms. The van der Waals surface area contributed by atoms with Gasteiger partial charge in [-0.25, -0.2) is 0 Å². The minimum atomic E-state index is -0.711. The van der Waals surface area contributed by atoms with Gasteiger partial charge >= 0.3 is 17.9 Å². The SMILES string of the molecule is CCCC(=O)O.CCCC(=O)O.CCCC(=O)O.[Mn]. The smallest absolute Gasteiger partial charge is 0.303 e. The molecule has 1 radical (unpaired) electrons. The summed E-state index contributed by atoms with van der Waals surface area (Å²) in [7, 11) is 0. The van der Waals surface area contributed by atoms with Crippen molar-refractivity contribution in [3.05, 3.63) is 0 Å². The molecule has 0 spiro atoms. The molecule has 0 aliphatic rings. The molecule has 0 aromatic heterocycles. The third-order valence-electron chi connectivity index (χ3n) is 1.39. The summed E-state index contributed by atoms with van der Waals surface area (Å²) in [5, 5.41) is 23.7. The second kappa shape index (κ2) is 22.1. The van der Waals surface area contributed by atoms with Gasteiger partial charge in [-0.3, -0.25) is 14.4 Å². The second-order valence-corrected chi connectivity index (χ2v) is 3.43. The molecule has 0 amide bonds. The molecule has 0 aliphatic heterocycles. The Kier molecular flexibility index (Phi) is 30.9. The van der Waals surface area contributed by atoms with Gasteiger partial charge in [0.05, 0.1) is 0 Å². The predicted octanol–water partition coefficient (Wildman–Crippen LogP) is 2.61. The monoisotopic (exact) mass is 319 g/mol. The van der Waals surface area contributed by atoms with Crippen LogP contribution in [0.15, 0.2) is 0 Å². The van der Waals surface area contributed by atoms with Gasteiger partial charge in [0.15, 0.2) is 0 Å². The fourth-order valence-corrected chi connectivity index (χ4v) is 0.642. The van der Waals surface area contributed by atoms with Crippen molar-refractivity contribution in [2.45, 2.75) is 59.3 Å². The Labute approximate surface area is 124 Å². The van der Waals surface area contributed by atoms with Crippen LogP contribution in [-0.4, -0.2) is 33.2 Å². The maximum Gasteiger partial charge on any atom is 0.303 e. The standard InChI is InChI=1S/3C4H8O2.Mn/c3*1-2-3-4(5)6;/h3*2-3H2,1H3,(H,5,6);. The van der Waals surface area contributed by atoms with E-state index in [0.717, 1.165) is 19.3 Å². The largest absolute Gasteiger partial charge is 0.481 e. The molecule has 0 fully saturated rings. The van der Waals surface area contributed by atoms with Crippen molar-refractivity contribution in [3.63, 3.8) is 0 Å². The van der Waals surface area contributed by atoms with Crippen molar-refractivity contribution >= 4 is 17.9 Å². The second-order valence-electron chi connectivity index (χ2n) is 3.43. The van der Waals surface area contributed by atoms with E-state index in [-0.39, 0.29) is 17.1 Å². The summed E-state index contributed by atoms with van der Waals surface area (Å²) in [5.41, 5.74) is 0. The fraction of sp³-hybridized carbons (Fsp3) is 0.750. The van der Waals surface area contributed by atoms with Crippen molar-refractivity contribution in [1.29, 1.82) is 0 Å². The Balaban J connectivity index is -0.0000000865. The number of rotatable bonds is 6. The van der Waals surface area contributed by atoms with Crippen LogP contribution < -0.4 is 0 Å². The van der Waals surface area contributed by atoms with Crippen molar-refractivity contribution in [1.82, 2.24) is 0 Å². The number of hydrogen-bond acceptors (Lipinski definition) is 3. The van der Waals surface area contributed by atoms with Gasteiger partial charge in [-0.05, 0) is 19.3 Å².